The second-order valence-corrected chi connectivity index (χ2v) is 5.10. The largest absolute Gasteiger partial charge is 0.496 e. The number of ether oxygens (including phenoxy) is 3. The number of hydrogen-bond donors (Lipinski definition) is 0. The summed E-state index contributed by atoms with van der Waals surface area (Å²) >= 11 is 0. The van der Waals surface area contributed by atoms with Crippen LogP contribution in [0.4, 0.5) is 0 Å². The Balaban J connectivity index is 2.37. The van der Waals surface area contributed by atoms with Crippen LogP contribution in [0, 0.1) is 0 Å². The Labute approximate surface area is 137 Å². The van der Waals surface area contributed by atoms with E-state index in [1.807, 2.05) is 0 Å². The van der Waals surface area contributed by atoms with Crippen LogP contribution in [0.2, 0.25) is 0 Å². The Bertz CT molecular complexity index is 881. The first-order valence-electron chi connectivity index (χ1n) is 7.10. The van der Waals surface area contributed by atoms with E-state index >= 15 is 0 Å². The first-order chi connectivity index (χ1) is 11.5. The molecule has 0 aliphatic heterocycles. The third-order valence-corrected chi connectivity index (χ3v) is 3.96. The topological polar surface area (TPSA) is 78.9 Å². The standard InChI is InChI=1S/C18H14O6/c1-22-11-7-8-12(23-2)15-14(11)16(19)9-5-4-6-10(18(21)24-3)13(9)17(15)20/h4-8H,1-3H3. The van der Waals surface area contributed by atoms with Crippen LogP contribution in [0.1, 0.15) is 42.2 Å². The van der Waals surface area contributed by atoms with Gasteiger partial charge in [-0.05, 0) is 18.2 Å². The van der Waals surface area contributed by atoms with Gasteiger partial charge in [0.25, 0.3) is 0 Å². The van der Waals surface area contributed by atoms with E-state index in [-0.39, 0.29) is 39.3 Å². The summed E-state index contributed by atoms with van der Waals surface area (Å²) in [6, 6.07) is 7.61. The van der Waals surface area contributed by atoms with Crippen LogP contribution in [0.5, 0.6) is 11.5 Å². The van der Waals surface area contributed by atoms with Crippen LogP contribution in [0.25, 0.3) is 0 Å². The highest BCUT2D eigenvalue weighted by atomic mass is 16.5. The second kappa shape index (κ2) is 5.81. The maximum Gasteiger partial charge on any atom is 0.338 e. The van der Waals surface area contributed by atoms with Crippen LogP contribution in [0.15, 0.2) is 30.3 Å². The number of fused-ring (bicyclic) bond motifs is 2. The van der Waals surface area contributed by atoms with Gasteiger partial charge in [0.05, 0.1) is 38.0 Å². The lowest BCUT2D eigenvalue weighted by atomic mass is 9.81. The van der Waals surface area contributed by atoms with Crippen molar-refractivity contribution in [2.24, 2.45) is 0 Å². The highest BCUT2D eigenvalue weighted by Gasteiger charge is 2.37. The average molecular weight is 326 g/mol. The molecule has 0 bridgehead atoms. The smallest absolute Gasteiger partial charge is 0.338 e. The maximum absolute atomic E-state index is 13.0. The van der Waals surface area contributed by atoms with Crippen molar-refractivity contribution in [2.75, 3.05) is 21.3 Å². The van der Waals surface area contributed by atoms with Gasteiger partial charge in [0.2, 0.25) is 0 Å². The molecule has 3 rings (SSSR count). The fraction of sp³-hybridized carbons (Fsp3) is 0.167. The molecule has 1 aliphatic carbocycles. The molecule has 0 fully saturated rings. The zero-order chi connectivity index (χ0) is 17.4. The van der Waals surface area contributed by atoms with Gasteiger partial charge in [-0.1, -0.05) is 12.1 Å². The van der Waals surface area contributed by atoms with Crippen molar-refractivity contribution >= 4 is 17.5 Å². The van der Waals surface area contributed by atoms with Crippen molar-refractivity contribution in [3.05, 3.63) is 58.1 Å². The van der Waals surface area contributed by atoms with Gasteiger partial charge in [-0.2, -0.15) is 0 Å². The fourth-order valence-corrected chi connectivity index (χ4v) is 2.88. The SMILES string of the molecule is COC(=O)c1cccc2c1C(=O)c1c(OC)ccc(OC)c1C2=O. The summed E-state index contributed by atoms with van der Waals surface area (Å²) in [7, 11) is 4.04. The van der Waals surface area contributed by atoms with E-state index in [2.05, 4.69) is 0 Å². The van der Waals surface area contributed by atoms with Crippen molar-refractivity contribution in [1.82, 2.24) is 0 Å². The molecular formula is C18H14O6. The molecule has 2 aromatic carbocycles. The number of hydrogen-bond acceptors (Lipinski definition) is 6. The van der Waals surface area contributed by atoms with Gasteiger partial charge in [-0.25, -0.2) is 4.79 Å². The molecule has 24 heavy (non-hydrogen) atoms. The first-order valence-corrected chi connectivity index (χ1v) is 7.10. The molecule has 0 saturated carbocycles. The van der Waals surface area contributed by atoms with Crippen molar-refractivity contribution in [3.8, 4) is 11.5 Å². The predicted molar refractivity (Wildman–Crippen MR) is 84.2 cm³/mol. The Morgan fingerprint density at radius 3 is 1.92 bits per heavy atom. The van der Waals surface area contributed by atoms with Crippen LogP contribution in [0.3, 0.4) is 0 Å². The highest BCUT2D eigenvalue weighted by molar-refractivity contribution is 6.32. The monoisotopic (exact) mass is 326 g/mol. The molecule has 0 amide bonds. The summed E-state index contributed by atoms with van der Waals surface area (Å²) in [5, 5.41) is 0. The van der Waals surface area contributed by atoms with E-state index in [1.165, 1.54) is 39.5 Å². The number of rotatable bonds is 3. The summed E-state index contributed by atoms with van der Waals surface area (Å²) in [4.78, 5) is 38.0. The van der Waals surface area contributed by atoms with Crippen LogP contribution >= 0.6 is 0 Å². The number of ketones is 2. The molecular weight excluding hydrogens is 312 g/mol. The van der Waals surface area contributed by atoms with Gasteiger partial charge < -0.3 is 14.2 Å². The zero-order valence-electron chi connectivity index (χ0n) is 13.3. The Kier molecular flexibility index (Phi) is 3.81. The van der Waals surface area contributed by atoms with E-state index in [0.29, 0.717) is 0 Å². The lowest BCUT2D eigenvalue weighted by molar-refractivity contribution is 0.0597. The Morgan fingerprint density at radius 2 is 1.38 bits per heavy atom. The van der Waals surface area contributed by atoms with Crippen molar-refractivity contribution in [3.63, 3.8) is 0 Å². The summed E-state index contributed by atoms with van der Waals surface area (Å²) in [6.07, 6.45) is 0. The normalized spacial score (nSPS) is 12.3. The maximum atomic E-state index is 13.0. The molecule has 0 spiro atoms. The summed E-state index contributed by atoms with van der Waals surface area (Å²) < 4.78 is 15.2. The minimum atomic E-state index is -0.682. The Hall–Kier alpha value is -3.15. The number of esters is 1. The van der Waals surface area contributed by atoms with Crippen molar-refractivity contribution < 1.29 is 28.6 Å². The minimum absolute atomic E-state index is 0.0217. The van der Waals surface area contributed by atoms with Gasteiger partial charge >= 0.3 is 5.97 Å². The molecule has 0 heterocycles. The summed E-state index contributed by atoms with van der Waals surface area (Å²) in [6.45, 7) is 0. The average Bonchev–Trinajstić information content (AvgIpc) is 2.63. The Morgan fingerprint density at radius 1 is 0.792 bits per heavy atom. The molecule has 0 atom stereocenters. The summed E-state index contributed by atoms with van der Waals surface area (Å²) in [5.41, 5.74) is 0.432. The van der Waals surface area contributed by atoms with Crippen LogP contribution < -0.4 is 9.47 Å². The number of methoxy groups -OCH3 is 3. The van der Waals surface area contributed by atoms with Gasteiger partial charge in [0.1, 0.15) is 11.5 Å². The lowest BCUT2D eigenvalue weighted by Crippen LogP contribution is -2.25. The first kappa shape index (κ1) is 15.7. The van der Waals surface area contributed by atoms with Crippen molar-refractivity contribution in [2.45, 2.75) is 0 Å². The molecule has 6 heteroatoms. The van der Waals surface area contributed by atoms with E-state index in [0.717, 1.165) is 0 Å². The number of carbonyl (C=O) groups is 3. The van der Waals surface area contributed by atoms with E-state index < -0.39 is 17.5 Å². The van der Waals surface area contributed by atoms with E-state index in [9.17, 15) is 14.4 Å². The number of benzene rings is 2. The van der Waals surface area contributed by atoms with Crippen LogP contribution in [-0.4, -0.2) is 38.9 Å². The minimum Gasteiger partial charge on any atom is -0.496 e. The third-order valence-electron chi connectivity index (χ3n) is 3.96. The quantitative estimate of drug-likeness (QED) is 0.687. The molecule has 0 radical (unpaired) electrons. The van der Waals surface area contributed by atoms with Gasteiger partial charge in [-0.15, -0.1) is 0 Å². The summed E-state index contributed by atoms with van der Waals surface area (Å²) in [5.74, 6) is -1.04. The fourth-order valence-electron chi connectivity index (χ4n) is 2.88. The van der Waals surface area contributed by atoms with Gasteiger partial charge in [-0.3, -0.25) is 9.59 Å². The predicted octanol–water partition coefficient (Wildman–Crippen LogP) is 2.27. The molecule has 6 nitrogen and oxygen atoms in total. The van der Waals surface area contributed by atoms with E-state index in [1.54, 1.807) is 12.1 Å². The molecule has 1 aliphatic rings. The van der Waals surface area contributed by atoms with Crippen molar-refractivity contribution in [1.29, 1.82) is 0 Å². The lowest BCUT2D eigenvalue weighted by Gasteiger charge is -2.22. The highest BCUT2D eigenvalue weighted by Crippen LogP contribution is 2.39. The number of carbonyl (C=O) groups excluding carboxylic acids is 3. The second-order valence-electron chi connectivity index (χ2n) is 5.10. The molecule has 0 saturated heterocycles. The van der Waals surface area contributed by atoms with Crippen LogP contribution in [-0.2, 0) is 4.74 Å². The van der Waals surface area contributed by atoms with Gasteiger partial charge in [0, 0.05) is 11.1 Å². The molecule has 0 unspecified atom stereocenters. The molecule has 0 N–H and O–H groups in total. The van der Waals surface area contributed by atoms with Gasteiger partial charge in [0.15, 0.2) is 11.6 Å². The molecule has 122 valence electrons. The third kappa shape index (κ3) is 2.07. The zero-order valence-corrected chi connectivity index (χ0v) is 13.3. The van der Waals surface area contributed by atoms with E-state index in [4.69, 9.17) is 14.2 Å². The molecule has 0 aromatic heterocycles. The molecule has 2 aromatic rings.